The van der Waals surface area contributed by atoms with Gasteiger partial charge in [-0.05, 0) is 43.0 Å². The van der Waals surface area contributed by atoms with E-state index in [1.807, 2.05) is 0 Å². The molecule has 4 heteroatoms. The Hall–Kier alpha value is -1.42. The zero-order valence-electron chi connectivity index (χ0n) is 8.78. The summed E-state index contributed by atoms with van der Waals surface area (Å²) >= 11 is 0. The number of ether oxygens (including phenoxy) is 1. The highest BCUT2D eigenvalue weighted by Crippen LogP contribution is 2.24. The maximum absolute atomic E-state index is 13.0. The molecule has 1 aromatic carbocycles. The van der Waals surface area contributed by atoms with Gasteiger partial charge >= 0.3 is 5.97 Å². The molecule has 0 atom stereocenters. The molecule has 1 N–H and O–H groups in total. The Balaban J connectivity index is 2.09. The van der Waals surface area contributed by atoms with Crippen LogP contribution in [0.4, 0.5) is 4.39 Å². The second-order valence-electron chi connectivity index (χ2n) is 3.97. The van der Waals surface area contributed by atoms with Gasteiger partial charge < -0.3 is 9.84 Å². The van der Waals surface area contributed by atoms with Crippen molar-refractivity contribution >= 4 is 5.97 Å². The number of halogens is 1. The lowest BCUT2D eigenvalue weighted by Gasteiger charge is -2.25. The van der Waals surface area contributed by atoms with Crippen LogP contribution in [0, 0.1) is 5.82 Å². The van der Waals surface area contributed by atoms with E-state index in [2.05, 4.69) is 0 Å². The topological polar surface area (TPSA) is 46.5 Å². The number of aromatic carboxylic acids is 1. The average molecular weight is 224 g/mol. The van der Waals surface area contributed by atoms with Crippen molar-refractivity contribution in [1.29, 1.82) is 0 Å². The Morgan fingerprint density at radius 1 is 1.50 bits per heavy atom. The summed E-state index contributed by atoms with van der Waals surface area (Å²) in [6.45, 7) is 0.171. The third kappa shape index (κ3) is 2.39. The second kappa shape index (κ2) is 4.61. The lowest BCUT2D eigenvalue weighted by atomic mass is 9.96. The van der Waals surface area contributed by atoms with Crippen LogP contribution in [0.5, 0.6) is 0 Å². The van der Waals surface area contributed by atoms with E-state index in [9.17, 15) is 9.18 Å². The summed E-state index contributed by atoms with van der Waals surface area (Å²) < 4.78 is 18.5. The van der Waals surface area contributed by atoms with E-state index in [-0.39, 0.29) is 18.3 Å². The SMILES string of the molecule is O=C(O)c1ccc(F)cc1COC1CCC1. The zero-order valence-corrected chi connectivity index (χ0v) is 8.78. The maximum atomic E-state index is 13.0. The Morgan fingerprint density at radius 2 is 2.25 bits per heavy atom. The van der Waals surface area contributed by atoms with Gasteiger partial charge in [0.25, 0.3) is 0 Å². The molecule has 86 valence electrons. The van der Waals surface area contributed by atoms with E-state index in [0.717, 1.165) is 25.3 Å². The first-order valence-electron chi connectivity index (χ1n) is 5.30. The molecule has 2 rings (SSSR count). The fourth-order valence-corrected chi connectivity index (χ4v) is 1.64. The molecule has 16 heavy (non-hydrogen) atoms. The minimum atomic E-state index is -1.05. The number of hydrogen-bond acceptors (Lipinski definition) is 2. The molecule has 0 bridgehead atoms. The lowest BCUT2D eigenvalue weighted by Crippen LogP contribution is -2.21. The molecule has 1 saturated carbocycles. The lowest BCUT2D eigenvalue weighted by molar-refractivity contribution is -0.00918. The standard InChI is InChI=1S/C12H13FO3/c13-9-4-5-11(12(14)15)8(6-9)7-16-10-2-1-3-10/h4-6,10H,1-3,7H2,(H,14,15). The molecule has 0 aliphatic heterocycles. The fourth-order valence-electron chi connectivity index (χ4n) is 1.64. The van der Waals surface area contributed by atoms with Gasteiger partial charge in [0.15, 0.2) is 0 Å². The largest absolute Gasteiger partial charge is 0.478 e. The Morgan fingerprint density at radius 3 is 2.81 bits per heavy atom. The van der Waals surface area contributed by atoms with Gasteiger partial charge in [-0.15, -0.1) is 0 Å². The molecule has 1 fully saturated rings. The fraction of sp³-hybridized carbons (Fsp3) is 0.417. The number of carboxylic acids is 1. The molecule has 0 saturated heterocycles. The molecule has 0 unspecified atom stereocenters. The highest BCUT2D eigenvalue weighted by molar-refractivity contribution is 5.89. The molecule has 0 aromatic heterocycles. The van der Waals surface area contributed by atoms with Crippen LogP contribution in [0.2, 0.25) is 0 Å². The van der Waals surface area contributed by atoms with Crippen molar-refractivity contribution in [3.05, 3.63) is 35.1 Å². The van der Waals surface area contributed by atoms with Gasteiger partial charge in [-0.2, -0.15) is 0 Å². The highest BCUT2D eigenvalue weighted by atomic mass is 19.1. The molecular formula is C12H13FO3. The predicted molar refractivity (Wildman–Crippen MR) is 55.8 cm³/mol. The summed E-state index contributed by atoms with van der Waals surface area (Å²) in [5, 5.41) is 8.91. The van der Waals surface area contributed by atoms with Crippen molar-refractivity contribution in [3.8, 4) is 0 Å². The maximum Gasteiger partial charge on any atom is 0.336 e. The molecule has 3 nitrogen and oxygen atoms in total. The molecule has 1 aliphatic carbocycles. The van der Waals surface area contributed by atoms with Gasteiger partial charge in [0, 0.05) is 0 Å². The summed E-state index contributed by atoms with van der Waals surface area (Å²) in [4.78, 5) is 10.9. The van der Waals surface area contributed by atoms with Gasteiger partial charge in [0.05, 0.1) is 18.3 Å². The van der Waals surface area contributed by atoms with Crippen molar-refractivity contribution in [2.75, 3.05) is 0 Å². The summed E-state index contributed by atoms with van der Waals surface area (Å²) in [5.74, 6) is -1.48. The third-order valence-corrected chi connectivity index (χ3v) is 2.82. The van der Waals surface area contributed by atoms with E-state index in [4.69, 9.17) is 9.84 Å². The first-order chi connectivity index (χ1) is 7.66. The van der Waals surface area contributed by atoms with Gasteiger partial charge in [0.1, 0.15) is 5.82 Å². The van der Waals surface area contributed by atoms with E-state index in [1.165, 1.54) is 12.1 Å². The average Bonchev–Trinajstić information content (AvgIpc) is 2.14. The minimum Gasteiger partial charge on any atom is -0.478 e. The van der Waals surface area contributed by atoms with Crippen LogP contribution >= 0.6 is 0 Å². The van der Waals surface area contributed by atoms with Crippen LogP contribution in [0.3, 0.4) is 0 Å². The van der Waals surface area contributed by atoms with Gasteiger partial charge in [-0.25, -0.2) is 9.18 Å². The first-order valence-corrected chi connectivity index (χ1v) is 5.30. The normalized spacial score (nSPS) is 15.8. The van der Waals surface area contributed by atoms with Crippen molar-refractivity contribution in [2.24, 2.45) is 0 Å². The number of hydrogen-bond donors (Lipinski definition) is 1. The van der Waals surface area contributed by atoms with Crippen LogP contribution in [0.25, 0.3) is 0 Å². The monoisotopic (exact) mass is 224 g/mol. The Bertz CT molecular complexity index is 399. The predicted octanol–water partition coefficient (Wildman–Crippen LogP) is 2.59. The van der Waals surface area contributed by atoms with Crippen LogP contribution in [0.1, 0.15) is 35.2 Å². The number of carbonyl (C=O) groups is 1. The molecule has 0 spiro atoms. The number of rotatable bonds is 4. The van der Waals surface area contributed by atoms with Gasteiger partial charge in [-0.3, -0.25) is 0 Å². The van der Waals surface area contributed by atoms with E-state index in [0.29, 0.717) is 5.56 Å². The van der Waals surface area contributed by atoms with Crippen LogP contribution in [-0.4, -0.2) is 17.2 Å². The van der Waals surface area contributed by atoms with Crippen LogP contribution < -0.4 is 0 Å². The molecule has 1 aliphatic rings. The van der Waals surface area contributed by atoms with Crippen molar-refractivity contribution < 1.29 is 19.0 Å². The Labute approximate surface area is 92.9 Å². The second-order valence-corrected chi connectivity index (χ2v) is 3.97. The van der Waals surface area contributed by atoms with E-state index >= 15 is 0 Å². The van der Waals surface area contributed by atoms with E-state index < -0.39 is 11.8 Å². The summed E-state index contributed by atoms with van der Waals surface area (Å²) in [7, 11) is 0. The van der Waals surface area contributed by atoms with Gasteiger partial charge in [-0.1, -0.05) is 0 Å². The molecular weight excluding hydrogens is 211 g/mol. The summed E-state index contributed by atoms with van der Waals surface area (Å²) in [6.07, 6.45) is 3.39. The smallest absolute Gasteiger partial charge is 0.336 e. The summed E-state index contributed by atoms with van der Waals surface area (Å²) in [6, 6.07) is 3.65. The molecule has 0 amide bonds. The van der Waals surface area contributed by atoms with Crippen LogP contribution in [0.15, 0.2) is 18.2 Å². The number of carboxylic acid groups (broad SMARTS) is 1. The Kier molecular flexibility index (Phi) is 3.19. The zero-order chi connectivity index (χ0) is 11.5. The van der Waals surface area contributed by atoms with E-state index in [1.54, 1.807) is 0 Å². The minimum absolute atomic E-state index is 0.112. The molecule has 0 heterocycles. The molecule has 0 radical (unpaired) electrons. The highest BCUT2D eigenvalue weighted by Gasteiger charge is 2.19. The summed E-state index contributed by atoms with van der Waals surface area (Å²) in [5.41, 5.74) is 0.514. The van der Waals surface area contributed by atoms with Crippen molar-refractivity contribution in [2.45, 2.75) is 32.0 Å². The van der Waals surface area contributed by atoms with Gasteiger partial charge in [0.2, 0.25) is 0 Å². The van der Waals surface area contributed by atoms with Crippen molar-refractivity contribution in [1.82, 2.24) is 0 Å². The molecule has 1 aromatic rings. The van der Waals surface area contributed by atoms with Crippen LogP contribution in [-0.2, 0) is 11.3 Å². The number of benzene rings is 1. The quantitative estimate of drug-likeness (QED) is 0.855. The van der Waals surface area contributed by atoms with Crippen molar-refractivity contribution in [3.63, 3.8) is 0 Å². The first kappa shape index (κ1) is 11.1. The third-order valence-electron chi connectivity index (χ3n) is 2.82.